The van der Waals surface area contributed by atoms with Crippen molar-refractivity contribution in [2.75, 3.05) is 20.2 Å². The number of benzene rings is 1. The molecule has 0 spiro atoms. The molecular weight excluding hydrogens is 410 g/mol. The van der Waals surface area contributed by atoms with E-state index in [-0.39, 0.29) is 24.2 Å². The van der Waals surface area contributed by atoms with Crippen LogP contribution in [0.25, 0.3) is 0 Å². The van der Waals surface area contributed by atoms with Crippen LogP contribution in [0.15, 0.2) is 18.2 Å². The van der Waals surface area contributed by atoms with Crippen LogP contribution in [0.4, 0.5) is 27.2 Å². The van der Waals surface area contributed by atoms with E-state index in [4.69, 9.17) is 4.74 Å². The summed E-state index contributed by atoms with van der Waals surface area (Å²) in [6.45, 7) is 0.725. The van der Waals surface area contributed by atoms with Gasteiger partial charge in [0.05, 0.1) is 13.2 Å². The van der Waals surface area contributed by atoms with Gasteiger partial charge in [0, 0.05) is 37.3 Å². The molecule has 0 bridgehead atoms. The molecule has 30 heavy (non-hydrogen) atoms. The summed E-state index contributed by atoms with van der Waals surface area (Å²) in [4.78, 5) is 27.8. The zero-order valence-corrected chi connectivity index (χ0v) is 16.4. The second kappa shape index (κ2) is 8.97. The van der Waals surface area contributed by atoms with E-state index in [1.807, 2.05) is 0 Å². The summed E-state index contributed by atoms with van der Waals surface area (Å²) >= 11 is 0. The lowest BCUT2D eigenvalue weighted by Crippen LogP contribution is -2.54. The van der Waals surface area contributed by atoms with Gasteiger partial charge in [0.2, 0.25) is 0 Å². The van der Waals surface area contributed by atoms with Gasteiger partial charge >= 0.3 is 18.5 Å². The van der Waals surface area contributed by atoms with Gasteiger partial charge in [0.1, 0.15) is 11.6 Å². The Morgan fingerprint density at radius 2 is 1.97 bits per heavy atom. The van der Waals surface area contributed by atoms with Gasteiger partial charge in [-0.25, -0.2) is 14.0 Å². The molecule has 1 saturated carbocycles. The second-order valence-corrected chi connectivity index (χ2v) is 7.31. The predicted molar refractivity (Wildman–Crippen MR) is 97.2 cm³/mol. The van der Waals surface area contributed by atoms with Gasteiger partial charge in [-0.05, 0) is 31.7 Å². The smallest absolute Gasteiger partial charge is 0.453 e. The van der Waals surface area contributed by atoms with E-state index in [1.54, 1.807) is 9.80 Å². The van der Waals surface area contributed by atoms with Gasteiger partial charge in [-0.15, -0.1) is 13.2 Å². The van der Waals surface area contributed by atoms with Gasteiger partial charge in [0.15, 0.2) is 0 Å². The van der Waals surface area contributed by atoms with Gasteiger partial charge in [0.25, 0.3) is 0 Å². The number of urea groups is 1. The number of amides is 3. The Morgan fingerprint density at radius 3 is 2.57 bits per heavy atom. The molecule has 1 aromatic carbocycles. The minimum absolute atomic E-state index is 0.0356. The first-order chi connectivity index (χ1) is 14.2. The van der Waals surface area contributed by atoms with E-state index in [0.29, 0.717) is 19.2 Å². The van der Waals surface area contributed by atoms with Crippen molar-refractivity contribution in [3.63, 3.8) is 0 Å². The minimum atomic E-state index is -4.91. The molecule has 0 unspecified atom stereocenters. The monoisotopic (exact) mass is 433 g/mol. The average molecular weight is 433 g/mol. The van der Waals surface area contributed by atoms with Crippen molar-refractivity contribution < 1.29 is 36.6 Å². The molecule has 1 heterocycles. The molecule has 1 saturated heterocycles. The summed E-state index contributed by atoms with van der Waals surface area (Å²) < 4.78 is 59.3. The van der Waals surface area contributed by atoms with Crippen molar-refractivity contribution in [2.24, 2.45) is 0 Å². The van der Waals surface area contributed by atoms with E-state index in [1.165, 1.54) is 7.11 Å². The van der Waals surface area contributed by atoms with Crippen molar-refractivity contribution in [1.29, 1.82) is 0 Å². The molecule has 3 amide bonds. The summed E-state index contributed by atoms with van der Waals surface area (Å²) in [6.07, 6.45) is -2.20. The molecule has 0 radical (unpaired) electrons. The highest BCUT2D eigenvalue weighted by atomic mass is 19.4. The number of methoxy groups -OCH3 is 1. The van der Waals surface area contributed by atoms with Crippen LogP contribution in [0.1, 0.15) is 31.2 Å². The lowest BCUT2D eigenvalue weighted by atomic mass is 10.0. The fourth-order valence-electron chi connectivity index (χ4n) is 3.59. The van der Waals surface area contributed by atoms with Crippen molar-refractivity contribution in [3.05, 3.63) is 29.6 Å². The largest absolute Gasteiger partial charge is 0.573 e. The van der Waals surface area contributed by atoms with Gasteiger partial charge in [-0.3, -0.25) is 0 Å². The Balaban J connectivity index is 1.61. The first-order valence-corrected chi connectivity index (χ1v) is 9.61. The van der Waals surface area contributed by atoms with E-state index < -0.39 is 30.1 Å². The lowest BCUT2D eigenvalue weighted by molar-refractivity contribution is -0.274. The van der Waals surface area contributed by atoms with Crippen LogP contribution in [-0.4, -0.2) is 60.6 Å². The number of likely N-dealkylation sites (tertiary alicyclic amines) is 1. The van der Waals surface area contributed by atoms with Crippen LogP contribution in [0, 0.1) is 5.82 Å². The molecule has 1 aliphatic carbocycles. The van der Waals surface area contributed by atoms with Gasteiger partial charge < -0.3 is 24.6 Å². The molecule has 1 atom stereocenters. The molecular formula is C19H23F4N3O4. The van der Waals surface area contributed by atoms with E-state index in [0.717, 1.165) is 37.8 Å². The van der Waals surface area contributed by atoms with Gasteiger partial charge in [-0.1, -0.05) is 6.07 Å². The fraction of sp³-hybridized carbons (Fsp3) is 0.579. The van der Waals surface area contributed by atoms with Crippen molar-refractivity contribution in [2.45, 2.75) is 50.7 Å². The summed E-state index contributed by atoms with van der Waals surface area (Å²) in [6, 6.07) is 2.23. The number of nitrogens with zero attached hydrogens (tertiary/aromatic N) is 2. The number of carbonyl (C=O) groups is 2. The fourth-order valence-corrected chi connectivity index (χ4v) is 3.59. The number of hydrogen-bond acceptors (Lipinski definition) is 4. The third-order valence-corrected chi connectivity index (χ3v) is 5.09. The molecule has 7 nitrogen and oxygen atoms in total. The molecule has 2 fully saturated rings. The normalized spacial score (nSPS) is 19.2. The van der Waals surface area contributed by atoms with Crippen molar-refractivity contribution >= 4 is 12.1 Å². The number of ether oxygens (including phenoxy) is 2. The van der Waals surface area contributed by atoms with E-state index >= 15 is 0 Å². The van der Waals surface area contributed by atoms with E-state index in [2.05, 4.69) is 10.1 Å². The zero-order valence-electron chi connectivity index (χ0n) is 16.4. The van der Waals surface area contributed by atoms with Crippen LogP contribution >= 0.6 is 0 Å². The van der Waals surface area contributed by atoms with Crippen LogP contribution in [0.5, 0.6) is 5.75 Å². The summed E-state index contributed by atoms with van der Waals surface area (Å²) in [5.41, 5.74) is 0.0356. The second-order valence-electron chi connectivity index (χ2n) is 7.31. The van der Waals surface area contributed by atoms with Crippen LogP contribution in [0.3, 0.4) is 0 Å². The first-order valence-electron chi connectivity index (χ1n) is 9.61. The first kappa shape index (κ1) is 22.0. The van der Waals surface area contributed by atoms with Gasteiger partial charge in [-0.2, -0.15) is 0 Å². The van der Waals surface area contributed by atoms with E-state index in [9.17, 15) is 27.2 Å². The Kier molecular flexibility index (Phi) is 6.57. The highest BCUT2D eigenvalue weighted by Gasteiger charge is 2.40. The number of alkyl halides is 3. The number of nitrogens with one attached hydrogen (secondary N) is 1. The quantitative estimate of drug-likeness (QED) is 0.720. The van der Waals surface area contributed by atoms with Crippen LogP contribution in [0.2, 0.25) is 0 Å². The third kappa shape index (κ3) is 5.67. The maximum Gasteiger partial charge on any atom is 0.573 e. The number of rotatable bonds is 5. The zero-order chi connectivity index (χ0) is 21.9. The molecule has 1 aromatic rings. The maximum atomic E-state index is 14.1. The molecule has 166 valence electrons. The summed E-state index contributed by atoms with van der Waals surface area (Å²) in [5.74, 6) is -1.58. The minimum Gasteiger partial charge on any atom is -0.453 e. The highest BCUT2D eigenvalue weighted by molar-refractivity contribution is 5.75. The Bertz CT molecular complexity index is 786. The SMILES string of the molecule is COC(=O)N1CCC[C@@H](N(C(=O)NCc2ccc(OC(F)(F)F)cc2F)C2CC2)C1. The summed E-state index contributed by atoms with van der Waals surface area (Å²) in [5, 5.41) is 2.63. The Hall–Kier alpha value is -2.72. The average Bonchev–Trinajstić information content (AvgIpc) is 3.51. The number of hydrogen-bond donors (Lipinski definition) is 1. The summed E-state index contributed by atoms with van der Waals surface area (Å²) in [7, 11) is 1.30. The topological polar surface area (TPSA) is 71.1 Å². The molecule has 11 heteroatoms. The van der Waals surface area contributed by atoms with Crippen molar-refractivity contribution in [1.82, 2.24) is 15.1 Å². The highest BCUT2D eigenvalue weighted by Crippen LogP contribution is 2.32. The molecule has 2 aliphatic rings. The van der Waals surface area contributed by atoms with Crippen LogP contribution < -0.4 is 10.1 Å². The number of carbonyl (C=O) groups excluding carboxylic acids is 2. The molecule has 1 aliphatic heterocycles. The Morgan fingerprint density at radius 1 is 1.23 bits per heavy atom. The maximum absolute atomic E-state index is 14.1. The molecule has 1 N–H and O–H groups in total. The number of piperidine rings is 1. The number of halogens is 4. The molecule has 3 rings (SSSR count). The predicted octanol–water partition coefficient (Wildman–Crippen LogP) is 3.63. The third-order valence-electron chi connectivity index (χ3n) is 5.09. The van der Waals surface area contributed by atoms with Crippen LogP contribution in [-0.2, 0) is 11.3 Å². The molecule has 0 aromatic heterocycles. The van der Waals surface area contributed by atoms with Crippen molar-refractivity contribution in [3.8, 4) is 5.75 Å². The lowest BCUT2D eigenvalue weighted by Gasteiger charge is -2.39. The standard InChI is InChI=1S/C19H23F4N3O4/c1-29-18(28)25-8-2-3-14(11-25)26(13-5-6-13)17(27)24-10-12-4-7-15(9-16(12)20)30-19(21,22)23/h4,7,9,13-14H,2-3,5-6,8,10-11H2,1H3,(H,24,27)/t14-/m1/s1. The Labute approximate surface area is 170 Å².